The molecule has 2 aromatic rings. The number of thioether (sulfide) groups is 1. The molecule has 1 saturated heterocycles. The Morgan fingerprint density at radius 3 is 2.44 bits per heavy atom. The number of carbonyl (C=O) groups is 3. The summed E-state index contributed by atoms with van der Waals surface area (Å²) in [5, 5.41) is 13.4. The van der Waals surface area contributed by atoms with Crippen molar-refractivity contribution in [2.24, 2.45) is 5.92 Å². The van der Waals surface area contributed by atoms with Gasteiger partial charge in [-0.25, -0.2) is 4.79 Å². The summed E-state index contributed by atoms with van der Waals surface area (Å²) in [6.45, 7) is 0.791. The van der Waals surface area contributed by atoms with Crippen molar-refractivity contribution in [1.29, 1.82) is 0 Å². The maximum Gasteiger partial charge on any atom is 0.326 e. The number of hydrogen-bond donors (Lipinski definition) is 2. The van der Waals surface area contributed by atoms with Gasteiger partial charge in [-0.05, 0) is 72.1 Å². The van der Waals surface area contributed by atoms with E-state index in [4.69, 9.17) is 27.9 Å². The fourth-order valence-electron chi connectivity index (χ4n) is 5.01. The number of likely N-dealkylation sites (tertiary alicyclic amines) is 1. The zero-order valence-electron chi connectivity index (χ0n) is 24.0. The number of hydrogen-bond acceptors (Lipinski definition) is 5. The van der Waals surface area contributed by atoms with E-state index in [1.54, 1.807) is 18.1 Å². The maximum atomic E-state index is 13.0. The van der Waals surface area contributed by atoms with Crippen molar-refractivity contribution in [3.8, 4) is 5.75 Å². The van der Waals surface area contributed by atoms with E-state index in [0.29, 0.717) is 48.0 Å². The number of ether oxygens (including phenoxy) is 1. The van der Waals surface area contributed by atoms with Crippen molar-refractivity contribution in [3.05, 3.63) is 93.5 Å². The molecule has 0 spiro atoms. The molecule has 2 aromatic carbocycles. The first-order chi connectivity index (χ1) is 20.7. The molecule has 2 amide bonds. The lowest BCUT2D eigenvalue weighted by Crippen LogP contribution is -2.47. The van der Waals surface area contributed by atoms with Gasteiger partial charge in [0, 0.05) is 36.4 Å². The molecule has 1 aliphatic heterocycles. The predicted octanol–water partition coefficient (Wildman–Crippen LogP) is 6.91. The van der Waals surface area contributed by atoms with Crippen molar-refractivity contribution in [2.45, 2.75) is 36.6 Å². The zero-order valence-corrected chi connectivity index (χ0v) is 26.3. The molecule has 226 valence electrons. The number of carboxylic acid groups (broad SMARTS) is 1. The Morgan fingerprint density at radius 2 is 1.79 bits per heavy atom. The minimum absolute atomic E-state index is 0.175. The normalized spacial score (nSPS) is 16.3. The molecular weight excluding hydrogens is 607 g/mol. The summed E-state index contributed by atoms with van der Waals surface area (Å²) in [6.07, 6.45) is 14.6. The minimum Gasteiger partial charge on any atom is -0.497 e. The number of rotatable bonds is 10. The summed E-state index contributed by atoms with van der Waals surface area (Å²) in [5.41, 5.74) is 3.55. The van der Waals surface area contributed by atoms with Crippen LogP contribution in [0.15, 0.2) is 77.2 Å². The van der Waals surface area contributed by atoms with Crippen LogP contribution in [0.3, 0.4) is 0 Å². The number of piperidine rings is 1. The van der Waals surface area contributed by atoms with Crippen LogP contribution >= 0.6 is 35.0 Å². The molecule has 2 aliphatic rings. The van der Waals surface area contributed by atoms with Gasteiger partial charge in [-0.2, -0.15) is 0 Å². The third-order valence-electron chi connectivity index (χ3n) is 7.55. The lowest BCUT2D eigenvalue weighted by atomic mass is 9.94. The summed E-state index contributed by atoms with van der Waals surface area (Å²) in [6, 6.07) is 10.4. The smallest absolute Gasteiger partial charge is 0.326 e. The van der Waals surface area contributed by atoms with Crippen molar-refractivity contribution >= 4 is 64.4 Å². The number of carboxylic acids is 1. The van der Waals surface area contributed by atoms with E-state index < -0.39 is 12.0 Å². The number of halogens is 2. The molecule has 1 unspecified atom stereocenters. The van der Waals surface area contributed by atoms with Gasteiger partial charge < -0.3 is 20.1 Å². The number of carbonyl (C=O) groups excluding carboxylic acids is 2. The molecule has 0 aromatic heterocycles. The topological polar surface area (TPSA) is 95.9 Å². The summed E-state index contributed by atoms with van der Waals surface area (Å²) >= 11 is 14.1. The van der Waals surface area contributed by atoms with E-state index in [1.807, 2.05) is 60.9 Å². The van der Waals surface area contributed by atoms with Crippen molar-refractivity contribution in [1.82, 2.24) is 10.2 Å². The van der Waals surface area contributed by atoms with Crippen molar-refractivity contribution < 1.29 is 24.2 Å². The number of nitrogens with one attached hydrogen (secondary N) is 1. The monoisotopic (exact) mass is 640 g/mol. The SMILES string of the molecule is COc1ccc(C2=CCC=C(CC(NC(=O)C3CCN(C(=O)/C=C/c4ccc(SC)c(Cl)c4Cl)CC3)C(=O)O)C=C2)cc1. The van der Waals surface area contributed by atoms with Crippen LogP contribution < -0.4 is 10.1 Å². The third kappa shape index (κ3) is 8.56. The Kier molecular flexibility index (Phi) is 11.6. The first-order valence-electron chi connectivity index (χ1n) is 13.9. The Hall–Kier alpha value is -3.46. The number of benzene rings is 2. The largest absolute Gasteiger partial charge is 0.497 e. The van der Waals surface area contributed by atoms with Gasteiger partial charge in [-0.15, -0.1) is 11.8 Å². The van der Waals surface area contributed by atoms with E-state index >= 15 is 0 Å². The van der Waals surface area contributed by atoms with Crippen LogP contribution in [0, 0.1) is 5.92 Å². The van der Waals surface area contributed by atoms with Gasteiger partial charge in [0.1, 0.15) is 11.8 Å². The van der Waals surface area contributed by atoms with E-state index in [9.17, 15) is 19.5 Å². The van der Waals surface area contributed by atoms with Crippen LogP contribution in [-0.4, -0.2) is 60.3 Å². The lowest BCUT2D eigenvalue weighted by Gasteiger charge is -2.31. The molecule has 4 rings (SSSR count). The molecule has 10 heteroatoms. The molecule has 1 atom stereocenters. The highest BCUT2D eigenvalue weighted by molar-refractivity contribution is 7.98. The Morgan fingerprint density at radius 1 is 1.07 bits per heavy atom. The minimum atomic E-state index is -1.09. The van der Waals surface area contributed by atoms with E-state index in [2.05, 4.69) is 11.4 Å². The molecule has 7 nitrogen and oxygen atoms in total. The highest BCUT2D eigenvalue weighted by atomic mass is 35.5. The molecule has 1 aliphatic carbocycles. The van der Waals surface area contributed by atoms with Crippen LogP contribution in [0.1, 0.15) is 36.8 Å². The van der Waals surface area contributed by atoms with Gasteiger partial charge in [-0.1, -0.05) is 65.7 Å². The molecule has 43 heavy (non-hydrogen) atoms. The lowest BCUT2D eigenvalue weighted by molar-refractivity contribution is -0.142. The van der Waals surface area contributed by atoms with Gasteiger partial charge >= 0.3 is 5.97 Å². The van der Waals surface area contributed by atoms with E-state index in [1.165, 1.54) is 17.8 Å². The molecule has 0 bridgehead atoms. The Bertz CT molecular complexity index is 1470. The fourth-order valence-corrected chi connectivity index (χ4v) is 6.18. The Labute approximate surface area is 266 Å². The van der Waals surface area contributed by atoms with Crippen LogP contribution in [0.2, 0.25) is 10.0 Å². The first kappa shape index (κ1) is 32.5. The Balaban J connectivity index is 1.29. The number of aliphatic carboxylic acids is 1. The predicted molar refractivity (Wildman–Crippen MR) is 174 cm³/mol. The number of methoxy groups -OCH3 is 1. The van der Waals surface area contributed by atoms with Gasteiger partial charge in [0.2, 0.25) is 11.8 Å². The second kappa shape index (κ2) is 15.3. The molecule has 1 heterocycles. The van der Waals surface area contributed by atoms with Crippen LogP contribution in [-0.2, 0) is 14.4 Å². The number of amides is 2. The number of nitrogens with zero attached hydrogens (tertiary/aromatic N) is 1. The highest BCUT2D eigenvalue weighted by Gasteiger charge is 2.30. The van der Waals surface area contributed by atoms with Crippen molar-refractivity contribution in [2.75, 3.05) is 26.5 Å². The number of allylic oxidation sites excluding steroid dienone is 5. The summed E-state index contributed by atoms with van der Waals surface area (Å²) in [5.74, 6) is -1.17. The third-order valence-corrected chi connectivity index (χ3v) is 9.34. The van der Waals surface area contributed by atoms with Gasteiger partial charge in [0.25, 0.3) is 0 Å². The molecule has 1 fully saturated rings. The van der Waals surface area contributed by atoms with Crippen LogP contribution in [0.5, 0.6) is 5.75 Å². The molecule has 0 saturated carbocycles. The highest BCUT2D eigenvalue weighted by Crippen LogP contribution is 2.35. The van der Waals surface area contributed by atoms with Crippen LogP contribution in [0.4, 0.5) is 0 Å². The van der Waals surface area contributed by atoms with E-state index in [-0.39, 0.29) is 24.2 Å². The second-order valence-electron chi connectivity index (χ2n) is 10.3. The standard InChI is InChI=1S/C33H34Cl2N2O5S/c1-42-26-12-8-23(9-13-26)22-5-3-4-21(6-7-22)20-27(33(40)41)36-32(39)25-16-18-37(19-17-25)29(38)15-11-24-10-14-28(43-2)31(35)30(24)34/h4-15,25,27H,3,16-20H2,1-2H3,(H,36,39)(H,40,41)/b15-11+. The summed E-state index contributed by atoms with van der Waals surface area (Å²) in [7, 11) is 1.62. The quantitative estimate of drug-likeness (QED) is 0.216. The average molecular weight is 642 g/mol. The van der Waals surface area contributed by atoms with Gasteiger partial charge in [0.15, 0.2) is 0 Å². The fraction of sp³-hybridized carbons (Fsp3) is 0.303. The van der Waals surface area contributed by atoms with Crippen LogP contribution in [0.25, 0.3) is 11.6 Å². The maximum absolute atomic E-state index is 13.0. The average Bonchev–Trinajstić information content (AvgIpc) is 3.27. The summed E-state index contributed by atoms with van der Waals surface area (Å²) < 4.78 is 5.23. The summed E-state index contributed by atoms with van der Waals surface area (Å²) in [4.78, 5) is 40.4. The first-order valence-corrected chi connectivity index (χ1v) is 15.9. The molecule has 2 N–H and O–H groups in total. The van der Waals surface area contributed by atoms with E-state index in [0.717, 1.165) is 27.4 Å². The molecule has 0 radical (unpaired) electrons. The van der Waals surface area contributed by atoms with Gasteiger partial charge in [-0.3, -0.25) is 9.59 Å². The van der Waals surface area contributed by atoms with Crippen molar-refractivity contribution in [3.63, 3.8) is 0 Å². The zero-order chi connectivity index (χ0) is 30.9. The van der Waals surface area contributed by atoms with Gasteiger partial charge in [0.05, 0.1) is 17.2 Å². The molecular formula is C33H34Cl2N2O5S. The second-order valence-corrected chi connectivity index (χ2v) is 11.9.